The number of hydrogen-bond donors (Lipinski definition) is 2. The van der Waals surface area contributed by atoms with Crippen LogP contribution in [0.25, 0.3) is 0 Å². The first kappa shape index (κ1) is 17.3. The zero-order chi connectivity index (χ0) is 17.1. The summed E-state index contributed by atoms with van der Waals surface area (Å²) in [4.78, 5) is 31.6. The van der Waals surface area contributed by atoms with E-state index in [1.165, 1.54) is 41.2 Å². The molecule has 6 nitrogen and oxygen atoms in total. The highest BCUT2D eigenvalue weighted by molar-refractivity contribution is 7.09. The van der Waals surface area contributed by atoms with E-state index in [1.54, 1.807) is 5.38 Å². The molecule has 0 spiro atoms. The number of aliphatic imine (C=N–C) groups is 1. The zero-order valence-electron chi connectivity index (χ0n) is 11.6. The summed E-state index contributed by atoms with van der Waals surface area (Å²) in [6.45, 7) is -0.969. The van der Waals surface area contributed by atoms with Crippen molar-refractivity contribution in [2.75, 3.05) is 6.61 Å². The quantitative estimate of drug-likeness (QED) is 0.791. The second kappa shape index (κ2) is 6.59. The molecule has 1 amide bonds. The summed E-state index contributed by atoms with van der Waals surface area (Å²) in [6, 6.07) is -1.72. The molecule has 0 saturated heterocycles. The molecule has 2 heterocycles. The van der Waals surface area contributed by atoms with Crippen LogP contribution in [0.15, 0.2) is 28.7 Å². The average Bonchev–Trinajstić information content (AvgIpc) is 3.15. The van der Waals surface area contributed by atoms with Gasteiger partial charge in [0, 0.05) is 24.2 Å². The molecule has 2 atom stereocenters. The molecule has 23 heavy (non-hydrogen) atoms. The van der Waals surface area contributed by atoms with E-state index >= 15 is 0 Å². The number of aromatic nitrogens is 1. The Hall–Kier alpha value is -2.07. The Morgan fingerprint density at radius 2 is 2.17 bits per heavy atom. The van der Waals surface area contributed by atoms with Crippen molar-refractivity contribution < 1.29 is 27.9 Å². The Bertz CT molecular complexity index is 629. The van der Waals surface area contributed by atoms with Crippen LogP contribution in [-0.2, 0) is 16.0 Å². The van der Waals surface area contributed by atoms with Crippen LogP contribution >= 0.6 is 11.3 Å². The molecule has 0 saturated carbocycles. The third-order valence-electron chi connectivity index (χ3n) is 3.16. The lowest BCUT2D eigenvalue weighted by molar-refractivity contribution is -0.175. The SMILES string of the molecule is O=C(N[C@@H](CO)C(=O)C1(Cc2nccs2)C=CC=N1)C(F)(F)F. The van der Waals surface area contributed by atoms with E-state index in [0.29, 0.717) is 5.01 Å². The van der Waals surface area contributed by atoms with E-state index in [9.17, 15) is 27.9 Å². The number of amides is 1. The van der Waals surface area contributed by atoms with Gasteiger partial charge in [-0.2, -0.15) is 13.2 Å². The van der Waals surface area contributed by atoms with Crippen molar-refractivity contribution in [3.63, 3.8) is 0 Å². The lowest BCUT2D eigenvalue weighted by Crippen LogP contribution is -2.55. The minimum absolute atomic E-state index is 0.0366. The van der Waals surface area contributed by atoms with Crippen LogP contribution in [0.3, 0.4) is 0 Å². The summed E-state index contributed by atoms with van der Waals surface area (Å²) < 4.78 is 37.0. The van der Waals surface area contributed by atoms with Gasteiger partial charge in [-0.15, -0.1) is 11.3 Å². The first-order valence-corrected chi connectivity index (χ1v) is 7.31. The standard InChI is InChI=1S/C13H12F3N3O3S/c14-13(15,16)11(22)19-8(7-20)10(21)12(2-1-3-18-12)6-9-17-4-5-23-9/h1-5,8,20H,6-7H2,(H,19,22)/t8-,12?/m0/s1. The summed E-state index contributed by atoms with van der Waals surface area (Å²) in [5.41, 5.74) is -1.48. The Balaban J connectivity index is 2.21. The predicted molar refractivity (Wildman–Crippen MR) is 76.3 cm³/mol. The summed E-state index contributed by atoms with van der Waals surface area (Å²) in [7, 11) is 0. The smallest absolute Gasteiger partial charge is 0.394 e. The molecule has 10 heteroatoms. The van der Waals surface area contributed by atoms with E-state index in [2.05, 4.69) is 9.98 Å². The summed E-state index contributed by atoms with van der Waals surface area (Å²) in [5.74, 6) is -3.13. The van der Waals surface area contributed by atoms with Crippen LogP contribution < -0.4 is 5.32 Å². The number of alkyl halides is 3. The molecule has 1 aromatic heterocycles. The van der Waals surface area contributed by atoms with Gasteiger partial charge in [-0.05, 0) is 12.2 Å². The first-order chi connectivity index (χ1) is 10.8. The largest absolute Gasteiger partial charge is 0.471 e. The monoisotopic (exact) mass is 347 g/mol. The highest BCUT2D eigenvalue weighted by Gasteiger charge is 2.45. The van der Waals surface area contributed by atoms with Gasteiger partial charge >= 0.3 is 12.1 Å². The predicted octanol–water partition coefficient (Wildman–Crippen LogP) is 0.674. The molecule has 124 valence electrons. The van der Waals surface area contributed by atoms with E-state index in [1.807, 2.05) is 0 Å². The zero-order valence-corrected chi connectivity index (χ0v) is 12.4. The molecular formula is C13H12F3N3O3S. The number of carbonyl (C=O) groups is 2. The average molecular weight is 347 g/mol. The van der Waals surface area contributed by atoms with Gasteiger partial charge in [-0.25, -0.2) is 4.98 Å². The Labute approximate surface area is 132 Å². The second-order valence-electron chi connectivity index (χ2n) is 4.73. The molecule has 1 aliphatic rings. The molecule has 2 rings (SSSR count). The normalized spacial score (nSPS) is 21.4. The van der Waals surface area contributed by atoms with Gasteiger partial charge in [0.15, 0.2) is 5.78 Å². The highest BCUT2D eigenvalue weighted by Crippen LogP contribution is 2.27. The van der Waals surface area contributed by atoms with E-state index in [0.717, 1.165) is 0 Å². The van der Waals surface area contributed by atoms with Crippen molar-refractivity contribution in [2.24, 2.45) is 4.99 Å². The third-order valence-corrected chi connectivity index (χ3v) is 3.94. The number of aliphatic hydroxyl groups excluding tert-OH is 1. The maximum atomic E-state index is 12.6. The molecule has 0 radical (unpaired) electrons. The summed E-state index contributed by atoms with van der Waals surface area (Å²) in [6.07, 6.45) is 0.644. The van der Waals surface area contributed by atoms with Crippen molar-refractivity contribution in [3.05, 3.63) is 28.7 Å². The van der Waals surface area contributed by atoms with Crippen LogP contribution in [0.4, 0.5) is 13.2 Å². The van der Waals surface area contributed by atoms with Crippen molar-refractivity contribution in [1.82, 2.24) is 10.3 Å². The van der Waals surface area contributed by atoms with Crippen LogP contribution in [0.5, 0.6) is 0 Å². The van der Waals surface area contributed by atoms with Crippen LogP contribution in [0, 0.1) is 0 Å². The van der Waals surface area contributed by atoms with Crippen LogP contribution in [0.1, 0.15) is 5.01 Å². The fourth-order valence-electron chi connectivity index (χ4n) is 2.07. The number of nitrogens with zero attached hydrogens (tertiary/aromatic N) is 2. The Morgan fingerprint density at radius 1 is 1.43 bits per heavy atom. The van der Waals surface area contributed by atoms with Gasteiger partial charge in [0.25, 0.3) is 0 Å². The Morgan fingerprint density at radius 3 is 2.65 bits per heavy atom. The Kier molecular flexibility index (Phi) is 4.95. The van der Waals surface area contributed by atoms with E-state index in [4.69, 9.17) is 0 Å². The fourth-order valence-corrected chi connectivity index (χ4v) is 2.77. The minimum atomic E-state index is -5.15. The molecule has 1 unspecified atom stereocenters. The molecule has 2 N–H and O–H groups in total. The number of carbonyl (C=O) groups excluding carboxylic acids is 2. The van der Waals surface area contributed by atoms with Crippen molar-refractivity contribution in [1.29, 1.82) is 0 Å². The van der Waals surface area contributed by atoms with Gasteiger partial charge in [0.2, 0.25) is 0 Å². The van der Waals surface area contributed by atoms with Gasteiger partial charge in [-0.3, -0.25) is 14.6 Å². The number of nitrogens with one attached hydrogen (secondary N) is 1. The lowest BCUT2D eigenvalue weighted by Gasteiger charge is -2.27. The summed E-state index contributed by atoms with van der Waals surface area (Å²) >= 11 is 1.26. The number of halogens is 3. The molecule has 0 bridgehead atoms. The van der Waals surface area contributed by atoms with Crippen LogP contribution in [0.2, 0.25) is 0 Å². The van der Waals surface area contributed by atoms with E-state index in [-0.39, 0.29) is 6.42 Å². The highest BCUT2D eigenvalue weighted by atomic mass is 32.1. The molecule has 0 aliphatic carbocycles. The van der Waals surface area contributed by atoms with Crippen molar-refractivity contribution in [2.45, 2.75) is 24.2 Å². The second-order valence-corrected chi connectivity index (χ2v) is 5.71. The minimum Gasteiger partial charge on any atom is -0.394 e. The van der Waals surface area contributed by atoms with Gasteiger partial charge in [0.1, 0.15) is 11.6 Å². The van der Waals surface area contributed by atoms with E-state index < -0.39 is 36.1 Å². The molecule has 0 fully saturated rings. The first-order valence-electron chi connectivity index (χ1n) is 6.43. The fraction of sp³-hybridized carbons (Fsp3) is 0.385. The molecular weight excluding hydrogens is 335 g/mol. The van der Waals surface area contributed by atoms with Crippen LogP contribution in [-0.4, -0.2) is 52.4 Å². The van der Waals surface area contributed by atoms with Gasteiger partial charge < -0.3 is 10.4 Å². The van der Waals surface area contributed by atoms with Crippen molar-refractivity contribution >= 4 is 29.2 Å². The maximum Gasteiger partial charge on any atom is 0.471 e. The number of hydrogen-bond acceptors (Lipinski definition) is 6. The number of allylic oxidation sites excluding steroid dienone is 1. The topological polar surface area (TPSA) is 91.7 Å². The summed E-state index contributed by atoms with van der Waals surface area (Å²) in [5, 5.41) is 13.0. The number of rotatable bonds is 6. The number of Topliss-reactive ketones (excluding diaryl/α,β-unsaturated/α-hetero) is 1. The molecule has 1 aromatic rings. The number of thiazole rings is 1. The van der Waals surface area contributed by atoms with Gasteiger partial charge in [0.05, 0.1) is 11.6 Å². The van der Waals surface area contributed by atoms with Gasteiger partial charge in [-0.1, -0.05) is 0 Å². The number of aliphatic hydroxyl groups is 1. The number of ketones is 1. The lowest BCUT2D eigenvalue weighted by atomic mass is 9.87. The molecule has 0 aromatic carbocycles. The third kappa shape index (κ3) is 3.82. The molecule has 1 aliphatic heterocycles. The van der Waals surface area contributed by atoms with Crippen molar-refractivity contribution in [3.8, 4) is 0 Å². The maximum absolute atomic E-state index is 12.6.